The van der Waals surface area contributed by atoms with E-state index in [2.05, 4.69) is 39.4 Å². The van der Waals surface area contributed by atoms with Crippen LogP contribution in [0.3, 0.4) is 0 Å². The molecule has 168 valence electrons. The quantitative estimate of drug-likeness (QED) is 0.299. The van der Waals surface area contributed by atoms with Gasteiger partial charge in [0.25, 0.3) is 0 Å². The largest absolute Gasteiger partial charge is 0.418 e. The third kappa shape index (κ3) is 5.21. The van der Waals surface area contributed by atoms with E-state index in [0.717, 1.165) is 22.4 Å². The number of aryl methyl sites for hydroxylation is 2. The van der Waals surface area contributed by atoms with E-state index >= 15 is 0 Å². The fourth-order valence-corrected chi connectivity index (χ4v) is 4.07. The van der Waals surface area contributed by atoms with Gasteiger partial charge >= 0.3 is 0 Å². The third-order valence-electron chi connectivity index (χ3n) is 5.75. The van der Waals surface area contributed by atoms with Crippen molar-refractivity contribution in [2.45, 2.75) is 38.8 Å². The minimum absolute atomic E-state index is 0.0110. The van der Waals surface area contributed by atoms with Crippen molar-refractivity contribution in [1.29, 1.82) is 0 Å². The molecule has 4 rings (SSSR count). The Balaban J connectivity index is 1.67. The molecule has 0 fully saturated rings. The third-order valence-corrected chi connectivity index (χ3v) is 5.75. The lowest BCUT2D eigenvalue weighted by Crippen LogP contribution is -2.09. The van der Waals surface area contributed by atoms with Crippen molar-refractivity contribution >= 4 is 0 Å². The van der Waals surface area contributed by atoms with E-state index in [4.69, 9.17) is 9.15 Å². The van der Waals surface area contributed by atoms with Crippen LogP contribution in [0, 0.1) is 18.8 Å². The molecule has 0 saturated carbocycles. The number of hydrogen-bond donors (Lipinski definition) is 0. The molecule has 7 heteroatoms. The summed E-state index contributed by atoms with van der Waals surface area (Å²) in [6.45, 7) is 4.28. The SMILES string of the molecule is COCc1nnc(-c2ccc(C(CC(N=O)c3ccnc(C)c3)c3ccccc3C)cc2)o1. The van der Waals surface area contributed by atoms with Crippen LogP contribution in [0.1, 0.15) is 52.2 Å². The highest BCUT2D eigenvalue weighted by molar-refractivity contribution is 5.54. The summed E-state index contributed by atoms with van der Waals surface area (Å²) in [6, 6.07) is 19.6. The average Bonchev–Trinajstić information content (AvgIpc) is 3.30. The molecular formula is C26H26N4O3. The lowest BCUT2D eigenvalue weighted by Gasteiger charge is -2.23. The fraction of sp³-hybridized carbons (Fsp3) is 0.269. The van der Waals surface area contributed by atoms with Crippen LogP contribution in [0.25, 0.3) is 11.5 Å². The zero-order valence-electron chi connectivity index (χ0n) is 18.9. The zero-order chi connectivity index (χ0) is 23.2. The van der Waals surface area contributed by atoms with E-state index < -0.39 is 6.04 Å². The van der Waals surface area contributed by atoms with E-state index in [1.807, 2.05) is 55.5 Å². The van der Waals surface area contributed by atoms with Gasteiger partial charge in [0.05, 0.1) is 0 Å². The van der Waals surface area contributed by atoms with Crippen molar-refractivity contribution in [2.24, 2.45) is 5.18 Å². The molecule has 7 nitrogen and oxygen atoms in total. The van der Waals surface area contributed by atoms with E-state index in [1.54, 1.807) is 13.3 Å². The number of rotatable bonds is 9. The maximum atomic E-state index is 11.9. The van der Waals surface area contributed by atoms with E-state index in [1.165, 1.54) is 11.1 Å². The summed E-state index contributed by atoms with van der Waals surface area (Å²) in [5.41, 5.74) is 6.00. The van der Waals surface area contributed by atoms with Crippen molar-refractivity contribution < 1.29 is 9.15 Å². The monoisotopic (exact) mass is 442 g/mol. The second kappa shape index (κ2) is 10.3. The van der Waals surface area contributed by atoms with Crippen LogP contribution in [0.5, 0.6) is 0 Å². The van der Waals surface area contributed by atoms with Gasteiger partial charge in [-0.3, -0.25) is 4.98 Å². The topological polar surface area (TPSA) is 90.5 Å². The van der Waals surface area contributed by atoms with Gasteiger partial charge in [-0.05, 0) is 66.8 Å². The number of benzene rings is 2. The molecule has 2 heterocycles. The predicted octanol–water partition coefficient (Wildman–Crippen LogP) is 5.92. The summed E-state index contributed by atoms with van der Waals surface area (Å²) in [7, 11) is 1.58. The predicted molar refractivity (Wildman–Crippen MR) is 126 cm³/mol. The smallest absolute Gasteiger partial charge is 0.247 e. The molecule has 2 aromatic carbocycles. The van der Waals surface area contributed by atoms with Gasteiger partial charge in [0.15, 0.2) is 0 Å². The minimum Gasteiger partial charge on any atom is -0.418 e. The first-order valence-corrected chi connectivity index (χ1v) is 10.8. The van der Waals surface area contributed by atoms with Crippen molar-refractivity contribution in [3.63, 3.8) is 0 Å². The molecule has 0 bridgehead atoms. The van der Waals surface area contributed by atoms with Gasteiger partial charge in [-0.25, -0.2) is 0 Å². The summed E-state index contributed by atoms with van der Waals surface area (Å²) in [6.07, 6.45) is 2.28. The Kier molecular flexibility index (Phi) is 7.00. The van der Waals surface area contributed by atoms with Crippen molar-refractivity contribution in [3.05, 3.63) is 106 Å². The Morgan fingerprint density at radius 3 is 2.48 bits per heavy atom. The lowest BCUT2D eigenvalue weighted by atomic mass is 9.82. The van der Waals surface area contributed by atoms with Crippen LogP contribution in [0.15, 0.2) is 76.5 Å². The fourth-order valence-electron chi connectivity index (χ4n) is 4.07. The molecule has 0 amide bonds. The zero-order valence-corrected chi connectivity index (χ0v) is 18.9. The molecule has 2 atom stereocenters. The summed E-state index contributed by atoms with van der Waals surface area (Å²) in [5.74, 6) is 0.866. The normalized spacial score (nSPS) is 12.9. The molecule has 33 heavy (non-hydrogen) atoms. The molecule has 0 saturated heterocycles. The second-order valence-electron chi connectivity index (χ2n) is 8.05. The molecule has 0 aliphatic rings. The molecule has 0 radical (unpaired) electrons. The molecule has 0 aliphatic carbocycles. The molecule has 0 aliphatic heterocycles. The first-order valence-electron chi connectivity index (χ1n) is 10.8. The number of hydrogen-bond acceptors (Lipinski definition) is 7. The van der Waals surface area contributed by atoms with Crippen LogP contribution in [-0.2, 0) is 11.3 Å². The molecule has 2 aromatic heterocycles. The van der Waals surface area contributed by atoms with Crippen LogP contribution < -0.4 is 0 Å². The van der Waals surface area contributed by atoms with Crippen LogP contribution in [0.2, 0.25) is 0 Å². The Morgan fingerprint density at radius 1 is 1.00 bits per heavy atom. The van der Waals surface area contributed by atoms with E-state index in [-0.39, 0.29) is 12.5 Å². The highest BCUT2D eigenvalue weighted by atomic mass is 16.5. The van der Waals surface area contributed by atoms with Gasteiger partial charge in [-0.15, -0.1) is 10.2 Å². The van der Waals surface area contributed by atoms with Gasteiger partial charge in [0, 0.05) is 30.5 Å². The van der Waals surface area contributed by atoms with Crippen molar-refractivity contribution in [3.8, 4) is 11.5 Å². The number of pyridine rings is 1. The summed E-state index contributed by atoms with van der Waals surface area (Å²) in [4.78, 5) is 16.1. The first kappa shape index (κ1) is 22.5. The van der Waals surface area contributed by atoms with Crippen molar-refractivity contribution in [2.75, 3.05) is 7.11 Å². The Labute approximate surface area is 192 Å². The number of nitroso groups, excluding NO2 is 1. The molecule has 4 aromatic rings. The highest BCUT2D eigenvalue weighted by Crippen LogP contribution is 2.37. The molecule has 0 N–H and O–H groups in total. The van der Waals surface area contributed by atoms with E-state index in [9.17, 15) is 4.91 Å². The molecular weight excluding hydrogens is 416 g/mol. The number of methoxy groups -OCH3 is 1. The minimum atomic E-state index is -0.483. The Bertz CT molecular complexity index is 1220. The van der Waals surface area contributed by atoms with Crippen LogP contribution in [-0.4, -0.2) is 22.3 Å². The van der Waals surface area contributed by atoms with Gasteiger partial charge in [-0.1, -0.05) is 41.6 Å². The van der Waals surface area contributed by atoms with Crippen LogP contribution in [0.4, 0.5) is 0 Å². The molecule has 0 spiro atoms. The summed E-state index contributed by atoms with van der Waals surface area (Å²) >= 11 is 0. The maximum absolute atomic E-state index is 11.9. The first-order chi connectivity index (χ1) is 16.1. The Hall–Kier alpha value is -3.71. The second-order valence-corrected chi connectivity index (χ2v) is 8.05. The highest BCUT2D eigenvalue weighted by Gasteiger charge is 2.24. The van der Waals surface area contributed by atoms with Crippen molar-refractivity contribution in [1.82, 2.24) is 15.2 Å². The van der Waals surface area contributed by atoms with Gasteiger partial charge in [0.2, 0.25) is 11.8 Å². The van der Waals surface area contributed by atoms with Gasteiger partial charge in [0.1, 0.15) is 12.6 Å². The summed E-state index contributed by atoms with van der Waals surface area (Å²) < 4.78 is 10.7. The molecule has 2 unspecified atom stereocenters. The maximum Gasteiger partial charge on any atom is 0.247 e. The van der Waals surface area contributed by atoms with Gasteiger partial charge < -0.3 is 9.15 Å². The number of ether oxygens (including phenoxy) is 1. The van der Waals surface area contributed by atoms with Crippen LogP contribution >= 0.6 is 0 Å². The van der Waals surface area contributed by atoms with E-state index in [0.29, 0.717) is 18.2 Å². The average molecular weight is 443 g/mol. The van der Waals surface area contributed by atoms with Gasteiger partial charge in [-0.2, -0.15) is 4.91 Å². The number of nitrogens with zero attached hydrogens (tertiary/aromatic N) is 4. The standard InChI is InChI=1S/C26H26N4O3/c1-17-6-4-5-7-22(17)23(15-24(30-31)21-12-13-27-18(2)14-21)19-8-10-20(11-9-19)26-29-28-25(33-26)16-32-3/h4-14,23-24H,15-16H2,1-3H3. The Morgan fingerprint density at radius 2 is 1.79 bits per heavy atom. The lowest BCUT2D eigenvalue weighted by molar-refractivity contribution is 0.160. The number of aromatic nitrogens is 3. The summed E-state index contributed by atoms with van der Waals surface area (Å²) in [5, 5.41) is 11.6.